The molecule has 3 rings (SSSR count). The van der Waals surface area contributed by atoms with Crippen molar-refractivity contribution in [3.8, 4) is 0 Å². The van der Waals surface area contributed by atoms with Crippen molar-refractivity contribution >= 4 is 0 Å². The number of ether oxygens (including phenoxy) is 2. The molecular weight excluding hydrogens is 254 g/mol. The van der Waals surface area contributed by atoms with Crippen LogP contribution >= 0.6 is 0 Å². The predicted molar refractivity (Wildman–Crippen MR) is 75.8 cm³/mol. The number of aliphatic hydroxyl groups is 1. The number of quaternary nitrogens is 1. The van der Waals surface area contributed by atoms with Crippen molar-refractivity contribution in [3.05, 3.63) is 47.1 Å². The van der Waals surface area contributed by atoms with Crippen LogP contribution in [0.5, 0.6) is 0 Å². The Morgan fingerprint density at radius 2 is 2.15 bits per heavy atom. The first-order valence-corrected chi connectivity index (χ1v) is 7.03. The molecule has 3 aliphatic rings. The summed E-state index contributed by atoms with van der Waals surface area (Å²) in [6.07, 6.45) is 8.82. The van der Waals surface area contributed by atoms with Crippen molar-refractivity contribution in [3.63, 3.8) is 0 Å². The predicted octanol–water partition coefficient (Wildman–Crippen LogP) is 0.681. The molecule has 1 aliphatic carbocycles. The van der Waals surface area contributed by atoms with E-state index in [0.717, 1.165) is 17.2 Å². The summed E-state index contributed by atoms with van der Waals surface area (Å²) >= 11 is 0. The van der Waals surface area contributed by atoms with Gasteiger partial charge in [0.05, 0.1) is 30.9 Å². The van der Waals surface area contributed by atoms with Crippen molar-refractivity contribution in [2.24, 2.45) is 0 Å². The zero-order valence-electron chi connectivity index (χ0n) is 12.4. The Labute approximate surface area is 119 Å². The summed E-state index contributed by atoms with van der Waals surface area (Å²) in [5.74, 6) is 1.81. The number of methoxy groups -OCH3 is 1. The lowest BCUT2D eigenvalue weighted by Gasteiger charge is -2.31. The van der Waals surface area contributed by atoms with Gasteiger partial charge in [-0.3, -0.25) is 4.90 Å². The third-order valence-corrected chi connectivity index (χ3v) is 4.30. The first kappa shape index (κ1) is 13.5. The zero-order valence-corrected chi connectivity index (χ0v) is 12.4. The van der Waals surface area contributed by atoms with Gasteiger partial charge in [-0.1, -0.05) is 12.2 Å². The maximum absolute atomic E-state index is 10.2. The molecule has 0 spiro atoms. The third kappa shape index (κ3) is 1.91. The van der Waals surface area contributed by atoms with E-state index in [2.05, 4.69) is 25.3 Å². The molecule has 4 nitrogen and oxygen atoms in total. The highest BCUT2D eigenvalue weighted by Crippen LogP contribution is 2.37. The van der Waals surface area contributed by atoms with Gasteiger partial charge in [-0.05, 0) is 26.0 Å². The van der Waals surface area contributed by atoms with Crippen LogP contribution in [-0.4, -0.2) is 37.0 Å². The summed E-state index contributed by atoms with van der Waals surface area (Å²) in [6.45, 7) is 3.58. The van der Waals surface area contributed by atoms with Crippen molar-refractivity contribution < 1.29 is 19.5 Å². The molecule has 0 bridgehead atoms. The van der Waals surface area contributed by atoms with Gasteiger partial charge in [0.15, 0.2) is 0 Å². The molecule has 20 heavy (non-hydrogen) atoms. The Morgan fingerprint density at radius 1 is 1.40 bits per heavy atom. The summed E-state index contributed by atoms with van der Waals surface area (Å²) in [5.41, 5.74) is 1.41. The maximum Gasteiger partial charge on any atom is 0.297 e. The molecule has 2 heterocycles. The first-order chi connectivity index (χ1) is 9.43. The molecule has 0 aromatic carbocycles. The number of hydrogen-bond donors (Lipinski definition) is 2. The molecule has 0 aromatic heterocycles. The fourth-order valence-corrected chi connectivity index (χ4v) is 3.15. The largest absolute Gasteiger partial charge is 0.496 e. The molecular formula is C16H22NO3+. The maximum atomic E-state index is 10.2. The van der Waals surface area contributed by atoms with Crippen LogP contribution in [0.3, 0.4) is 0 Å². The van der Waals surface area contributed by atoms with E-state index in [9.17, 15) is 5.11 Å². The molecule has 2 N–H and O–H groups in total. The van der Waals surface area contributed by atoms with E-state index in [4.69, 9.17) is 9.47 Å². The highest BCUT2D eigenvalue weighted by molar-refractivity contribution is 5.47. The van der Waals surface area contributed by atoms with Gasteiger partial charge >= 0.3 is 0 Å². The molecule has 0 saturated carbocycles. The van der Waals surface area contributed by atoms with Crippen LogP contribution in [0.4, 0.5) is 0 Å². The van der Waals surface area contributed by atoms with Gasteiger partial charge in [-0.15, -0.1) is 0 Å². The summed E-state index contributed by atoms with van der Waals surface area (Å²) in [5, 5.41) is 10.2. The molecule has 0 fully saturated rings. The zero-order chi connectivity index (χ0) is 14.5. The van der Waals surface area contributed by atoms with E-state index in [0.29, 0.717) is 6.42 Å². The standard InChI is InChI=1S/C16H21NO3/c1-16(2,18)13-9-11-14(19-4)10-7-5-6-8-12(10)17(3)15(11)20-13/h5-8,12-13,18H,9H2,1-4H3/p+1. The number of fused-ring (bicyclic) bond motifs is 1. The van der Waals surface area contributed by atoms with Gasteiger partial charge in [0.25, 0.3) is 5.88 Å². The quantitative estimate of drug-likeness (QED) is 0.779. The normalized spacial score (nSPS) is 32.1. The second-order valence-electron chi connectivity index (χ2n) is 6.17. The molecule has 2 aliphatic heterocycles. The minimum Gasteiger partial charge on any atom is -0.496 e. The number of rotatable bonds is 2. The summed E-state index contributed by atoms with van der Waals surface area (Å²) in [7, 11) is 3.80. The van der Waals surface area contributed by atoms with E-state index in [1.54, 1.807) is 21.0 Å². The van der Waals surface area contributed by atoms with Gasteiger partial charge in [-0.25, -0.2) is 0 Å². The number of likely N-dealkylation sites (N-methyl/N-ethyl adjacent to an activating group) is 1. The van der Waals surface area contributed by atoms with Crippen molar-refractivity contribution in [2.45, 2.75) is 38.0 Å². The topological polar surface area (TPSA) is 43.1 Å². The highest BCUT2D eigenvalue weighted by Gasteiger charge is 2.47. The first-order valence-electron chi connectivity index (χ1n) is 7.03. The average molecular weight is 276 g/mol. The summed E-state index contributed by atoms with van der Waals surface area (Å²) < 4.78 is 11.7. The fourth-order valence-electron chi connectivity index (χ4n) is 3.15. The van der Waals surface area contributed by atoms with Gasteiger partial charge in [0.2, 0.25) is 0 Å². The van der Waals surface area contributed by atoms with Crippen LogP contribution in [0.1, 0.15) is 20.3 Å². The monoisotopic (exact) mass is 276 g/mol. The number of nitrogens with one attached hydrogen (secondary N) is 1. The van der Waals surface area contributed by atoms with E-state index in [1.807, 2.05) is 6.08 Å². The lowest BCUT2D eigenvalue weighted by molar-refractivity contribution is -0.871. The van der Waals surface area contributed by atoms with E-state index in [-0.39, 0.29) is 12.1 Å². The SMILES string of the molecule is COC1=C2C=CC=CC2[NH+](C)C2=C1CC(C(C)(C)O)O2. The molecule has 0 amide bonds. The average Bonchev–Trinajstić information content (AvgIpc) is 2.85. The third-order valence-electron chi connectivity index (χ3n) is 4.30. The lowest BCUT2D eigenvalue weighted by Crippen LogP contribution is -3.12. The molecule has 4 heteroatoms. The Morgan fingerprint density at radius 3 is 2.80 bits per heavy atom. The van der Waals surface area contributed by atoms with E-state index in [1.165, 1.54) is 10.5 Å². The lowest BCUT2D eigenvalue weighted by atomic mass is 9.90. The van der Waals surface area contributed by atoms with Crippen LogP contribution in [0, 0.1) is 0 Å². The van der Waals surface area contributed by atoms with Crippen LogP contribution in [-0.2, 0) is 9.47 Å². The van der Waals surface area contributed by atoms with Gasteiger partial charge < -0.3 is 14.6 Å². The molecule has 0 aromatic rings. The Hall–Kier alpha value is -1.52. The Bertz CT molecular complexity index is 549. The van der Waals surface area contributed by atoms with Crippen LogP contribution in [0.15, 0.2) is 47.1 Å². The fraction of sp³-hybridized carbons (Fsp3) is 0.500. The smallest absolute Gasteiger partial charge is 0.297 e. The number of hydrogen-bond acceptors (Lipinski definition) is 3. The van der Waals surface area contributed by atoms with Gasteiger partial charge in [-0.2, -0.15) is 0 Å². The molecule has 3 atom stereocenters. The van der Waals surface area contributed by atoms with Gasteiger partial charge in [0, 0.05) is 6.42 Å². The molecule has 3 unspecified atom stereocenters. The summed E-state index contributed by atoms with van der Waals surface area (Å²) in [4.78, 5) is 1.20. The van der Waals surface area contributed by atoms with E-state index >= 15 is 0 Å². The van der Waals surface area contributed by atoms with Crippen LogP contribution in [0.25, 0.3) is 0 Å². The Balaban J connectivity index is 2.03. The highest BCUT2D eigenvalue weighted by atomic mass is 16.5. The van der Waals surface area contributed by atoms with Crippen molar-refractivity contribution in [2.75, 3.05) is 14.2 Å². The van der Waals surface area contributed by atoms with Crippen molar-refractivity contribution in [1.29, 1.82) is 0 Å². The van der Waals surface area contributed by atoms with Crippen molar-refractivity contribution in [1.82, 2.24) is 0 Å². The molecule has 108 valence electrons. The second kappa shape index (κ2) is 4.50. The summed E-state index contributed by atoms with van der Waals surface area (Å²) in [6, 6.07) is 0.217. The Kier molecular flexibility index (Phi) is 3.03. The second-order valence-corrected chi connectivity index (χ2v) is 6.17. The van der Waals surface area contributed by atoms with Crippen LogP contribution < -0.4 is 4.90 Å². The molecule has 0 saturated heterocycles. The molecule has 0 radical (unpaired) electrons. The van der Waals surface area contributed by atoms with Gasteiger partial charge in [0.1, 0.15) is 17.9 Å². The van der Waals surface area contributed by atoms with Crippen LogP contribution in [0.2, 0.25) is 0 Å². The number of allylic oxidation sites excluding steroid dienone is 3. The minimum absolute atomic E-state index is 0.217. The van der Waals surface area contributed by atoms with E-state index < -0.39 is 5.60 Å². The minimum atomic E-state index is -0.863.